The number of ether oxygens (including phenoxy) is 1. The van der Waals surface area contributed by atoms with Gasteiger partial charge >= 0.3 is 0 Å². The van der Waals surface area contributed by atoms with Crippen LogP contribution < -0.4 is 0 Å². The van der Waals surface area contributed by atoms with Crippen LogP contribution in [0.1, 0.15) is 38.5 Å². The Balaban J connectivity index is 1.21. The number of β-amino-alcohol motifs (C(OH)–C–C–N with tert-alkyl or cyclic N) is 2. The van der Waals surface area contributed by atoms with Gasteiger partial charge in [-0.1, -0.05) is 0 Å². The maximum atomic E-state index is 10.5. The largest absolute Gasteiger partial charge is 0.395 e. The van der Waals surface area contributed by atoms with Gasteiger partial charge < -0.3 is 14.9 Å². The van der Waals surface area contributed by atoms with Gasteiger partial charge in [-0.15, -0.1) is 0 Å². The molecule has 4 saturated carbocycles. The Morgan fingerprint density at radius 3 is 2.00 bits per heavy atom. The van der Waals surface area contributed by atoms with E-state index in [9.17, 15) is 5.11 Å². The van der Waals surface area contributed by atoms with Crippen LogP contribution in [0.25, 0.3) is 0 Å². The third kappa shape index (κ3) is 3.80. The Hall–Kier alpha value is -0.200. The number of hydrogen-bond acceptors (Lipinski definition) is 5. The normalized spacial score (nSPS) is 41.0. The van der Waals surface area contributed by atoms with E-state index in [1.165, 1.54) is 38.5 Å². The van der Waals surface area contributed by atoms with Gasteiger partial charge in [0, 0.05) is 39.3 Å². The highest BCUT2D eigenvalue weighted by Crippen LogP contribution is 2.57. The highest BCUT2D eigenvalue weighted by Gasteiger charge is 2.51. The van der Waals surface area contributed by atoms with Gasteiger partial charge in [0.2, 0.25) is 0 Å². The number of aliphatic hydroxyl groups is 2. The topological polar surface area (TPSA) is 56.2 Å². The fourth-order valence-electron chi connectivity index (χ4n) is 6.17. The molecule has 1 heterocycles. The monoisotopic (exact) mass is 338 g/mol. The molecule has 0 aromatic carbocycles. The number of rotatable bonds is 7. The molecule has 5 heteroatoms. The first kappa shape index (κ1) is 17.2. The Labute approximate surface area is 146 Å². The zero-order valence-corrected chi connectivity index (χ0v) is 14.9. The van der Waals surface area contributed by atoms with Crippen LogP contribution in [0.15, 0.2) is 0 Å². The first-order chi connectivity index (χ1) is 11.6. The first-order valence-corrected chi connectivity index (χ1v) is 10.0. The minimum absolute atomic E-state index is 0.107. The molecule has 2 N–H and O–H groups in total. The summed E-state index contributed by atoms with van der Waals surface area (Å²) in [6.45, 7) is 6.17. The van der Waals surface area contributed by atoms with Crippen molar-refractivity contribution in [2.45, 2.75) is 50.2 Å². The van der Waals surface area contributed by atoms with Gasteiger partial charge in [0.1, 0.15) is 0 Å². The van der Waals surface area contributed by atoms with Crippen molar-refractivity contribution in [1.82, 2.24) is 9.80 Å². The van der Waals surface area contributed by atoms with Crippen LogP contribution in [0.3, 0.4) is 0 Å². The molecule has 0 spiro atoms. The number of hydrogen-bond donors (Lipinski definition) is 2. The molecule has 0 radical (unpaired) electrons. The van der Waals surface area contributed by atoms with E-state index in [0.29, 0.717) is 6.61 Å². The number of aliphatic hydroxyl groups excluding tert-OH is 2. The van der Waals surface area contributed by atoms with Crippen LogP contribution in [0.5, 0.6) is 0 Å². The lowest BCUT2D eigenvalue weighted by Crippen LogP contribution is -2.53. The molecule has 4 bridgehead atoms. The van der Waals surface area contributed by atoms with Crippen molar-refractivity contribution in [2.24, 2.45) is 17.8 Å². The van der Waals surface area contributed by atoms with Crippen LogP contribution >= 0.6 is 0 Å². The summed E-state index contributed by atoms with van der Waals surface area (Å²) in [6, 6.07) is 0. The second-order valence-corrected chi connectivity index (χ2v) is 8.93. The van der Waals surface area contributed by atoms with E-state index in [2.05, 4.69) is 9.80 Å². The predicted molar refractivity (Wildman–Crippen MR) is 92.8 cm³/mol. The second-order valence-electron chi connectivity index (χ2n) is 8.93. The average Bonchev–Trinajstić information content (AvgIpc) is 2.54. The summed E-state index contributed by atoms with van der Waals surface area (Å²) in [5.41, 5.74) is 0.107. The van der Waals surface area contributed by atoms with E-state index in [-0.39, 0.29) is 18.3 Å². The van der Waals surface area contributed by atoms with Crippen molar-refractivity contribution in [3.05, 3.63) is 0 Å². The molecule has 0 aromatic rings. The molecule has 5 fully saturated rings. The van der Waals surface area contributed by atoms with E-state index >= 15 is 0 Å². The maximum Gasteiger partial charge on any atom is 0.0900 e. The summed E-state index contributed by atoms with van der Waals surface area (Å²) in [5.74, 6) is 2.69. The molecule has 4 aliphatic carbocycles. The van der Waals surface area contributed by atoms with Gasteiger partial charge in [0.15, 0.2) is 0 Å². The predicted octanol–water partition coefficient (Wildman–Crippen LogP) is 0.943. The summed E-state index contributed by atoms with van der Waals surface area (Å²) < 4.78 is 6.39. The van der Waals surface area contributed by atoms with Crippen molar-refractivity contribution >= 4 is 0 Å². The van der Waals surface area contributed by atoms with Crippen molar-refractivity contribution in [2.75, 3.05) is 52.5 Å². The highest BCUT2D eigenvalue weighted by atomic mass is 16.5. The molecule has 1 aliphatic heterocycles. The van der Waals surface area contributed by atoms with E-state index < -0.39 is 0 Å². The zero-order valence-electron chi connectivity index (χ0n) is 14.9. The fourth-order valence-corrected chi connectivity index (χ4v) is 6.17. The molecule has 0 amide bonds. The standard InChI is InChI=1S/C19H34N2O3/c22-6-5-20-1-3-21(4-2-20)13-18(23)14-24-19-10-15-7-16(11-19)9-17(8-15)12-19/h15-18,22-23H,1-14H2/t15?,16?,17?,18-,19?/m0/s1. The first-order valence-electron chi connectivity index (χ1n) is 10.0. The lowest BCUT2D eigenvalue weighted by atomic mass is 9.54. The smallest absolute Gasteiger partial charge is 0.0900 e. The molecule has 1 atom stereocenters. The lowest BCUT2D eigenvalue weighted by Gasteiger charge is -2.56. The van der Waals surface area contributed by atoms with Crippen molar-refractivity contribution in [1.29, 1.82) is 0 Å². The third-order valence-corrected chi connectivity index (χ3v) is 6.91. The molecule has 1 saturated heterocycles. The van der Waals surface area contributed by atoms with Crippen molar-refractivity contribution < 1.29 is 14.9 Å². The third-order valence-electron chi connectivity index (χ3n) is 6.91. The molecule has 24 heavy (non-hydrogen) atoms. The van der Waals surface area contributed by atoms with Gasteiger partial charge in [-0.2, -0.15) is 0 Å². The molecule has 138 valence electrons. The van der Waals surface area contributed by atoms with Crippen LogP contribution in [0.4, 0.5) is 0 Å². The van der Waals surface area contributed by atoms with Gasteiger partial charge in [-0.25, -0.2) is 0 Å². The Bertz CT molecular complexity index is 388. The maximum absolute atomic E-state index is 10.5. The van der Waals surface area contributed by atoms with Crippen LogP contribution in [0.2, 0.25) is 0 Å². The molecule has 5 nitrogen and oxygen atoms in total. The molecule has 5 rings (SSSR count). The zero-order chi connectivity index (χ0) is 16.6. The van der Waals surface area contributed by atoms with Gasteiger partial charge in [-0.05, 0) is 56.3 Å². The SMILES string of the molecule is OCCN1CCN(C[C@H](O)COC23CC4CC(CC(C4)C2)C3)CC1. The molecular weight excluding hydrogens is 304 g/mol. The van der Waals surface area contributed by atoms with E-state index in [0.717, 1.165) is 57.0 Å². The highest BCUT2D eigenvalue weighted by molar-refractivity contribution is 5.03. The average molecular weight is 338 g/mol. The summed E-state index contributed by atoms with van der Waals surface area (Å²) in [7, 11) is 0. The van der Waals surface area contributed by atoms with Crippen molar-refractivity contribution in [3.63, 3.8) is 0 Å². The second kappa shape index (κ2) is 7.20. The Morgan fingerprint density at radius 1 is 0.917 bits per heavy atom. The molecule has 5 aliphatic rings. The Morgan fingerprint density at radius 2 is 1.46 bits per heavy atom. The molecular formula is C19H34N2O3. The van der Waals surface area contributed by atoms with Crippen LogP contribution in [-0.4, -0.2) is 84.2 Å². The fraction of sp³-hybridized carbons (Fsp3) is 1.00. The van der Waals surface area contributed by atoms with Crippen LogP contribution in [-0.2, 0) is 4.74 Å². The summed E-state index contributed by atoms with van der Waals surface area (Å²) >= 11 is 0. The van der Waals surface area contributed by atoms with Gasteiger partial charge in [0.25, 0.3) is 0 Å². The Kier molecular flexibility index (Phi) is 5.17. The number of piperazine rings is 1. The summed E-state index contributed by atoms with van der Waals surface area (Å²) in [6.07, 6.45) is 7.65. The van der Waals surface area contributed by atoms with E-state index in [4.69, 9.17) is 9.84 Å². The van der Waals surface area contributed by atoms with E-state index in [1.807, 2.05) is 0 Å². The lowest BCUT2D eigenvalue weighted by molar-refractivity contribution is -0.176. The van der Waals surface area contributed by atoms with Gasteiger partial charge in [0.05, 0.1) is 24.9 Å². The quantitative estimate of drug-likeness (QED) is 0.724. The number of nitrogens with zero attached hydrogens (tertiary/aromatic N) is 2. The summed E-state index contributed by atoms with van der Waals surface area (Å²) in [5, 5.41) is 19.5. The van der Waals surface area contributed by atoms with Gasteiger partial charge in [-0.3, -0.25) is 9.80 Å². The minimum atomic E-state index is -0.373. The minimum Gasteiger partial charge on any atom is -0.395 e. The molecule has 0 unspecified atom stereocenters. The van der Waals surface area contributed by atoms with Crippen molar-refractivity contribution in [3.8, 4) is 0 Å². The summed E-state index contributed by atoms with van der Waals surface area (Å²) in [4.78, 5) is 4.62. The van der Waals surface area contributed by atoms with E-state index in [1.54, 1.807) is 0 Å². The van der Waals surface area contributed by atoms with Crippen LogP contribution in [0, 0.1) is 17.8 Å². The molecule has 0 aromatic heterocycles.